The van der Waals surface area contributed by atoms with Crippen molar-refractivity contribution in [3.8, 4) is 5.75 Å². The van der Waals surface area contributed by atoms with Crippen LogP contribution in [0.2, 0.25) is 0 Å². The first-order valence-corrected chi connectivity index (χ1v) is 17.0. The van der Waals surface area contributed by atoms with Gasteiger partial charge in [-0.05, 0) is 94.2 Å². The fraction of sp³-hybridized carbons (Fsp3) is 0.472. The van der Waals surface area contributed by atoms with E-state index in [1.54, 1.807) is 13.0 Å². The SMILES string of the molecule is C=CC(OCC1CC1)=C(Cl)C(=CCF)CC1=CCC(Oc2ccc(C(C)NC(=O)c3sc(C(C)C(=O)CC)nc3C)cc2)CC1. The maximum atomic E-state index is 13.4. The van der Waals surface area contributed by atoms with Crippen LogP contribution in [-0.2, 0) is 9.53 Å². The fourth-order valence-corrected chi connectivity index (χ4v) is 6.52. The van der Waals surface area contributed by atoms with Crippen LogP contribution in [0.5, 0.6) is 5.75 Å². The Morgan fingerprint density at radius 1 is 1.22 bits per heavy atom. The lowest BCUT2D eigenvalue weighted by molar-refractivity contribution is -0.119. The standard InChI is InChI=1S/C36H44ClFN2O4S/c1-6-31(41)22(3)36-40-24(5)34(45-36)35(42)39-23(4)27-12-16-30(17-13-27)44-29-14-10-25(11-15-29)20-28(18-19-38)33(37)32(7-2)43-21-26-8-9-26/h7,10,12-13,16-18,22-23,26,29H,2,6,8-9,11,14-15,19-21H2,1,3-5H3,(H,39,42). The molecule has 1 aromatic carbocycles. The summed E-state index contributed by atoms with van der Waals surface area (Å²) in [6.07, 6.45) is 11.1. The normalized spacial score (nSPS) is 18.8. The molecular weight excluding hydrogens is 611 g/mol. The van der Waals surface area contributed by atoms with E-state index in [1.165, 1.54) is 35.8 Å². The highest BCUT2D eigenvalue weighted by Crippen LogP contribution is 2.34. The number of hydrogen-bond donors (Lipinski definition) is 1. The van der Waals surface area contributed by atoms with Crippen LogP contribution in [0, 0.1) is 12.8 Å². The smallest absolute Gasteiger partial charge is 0.263 e. The van der Waals surface area contributed by atoms with Gasteiger partial charge in [-0.1, -0.05) is 48.9 Å². The third-order valence-electron chi connectivity index (χ3n) is 8.30. The summed E-state index contributed by atoms with van der Waals surface area (Å²) in [7, 11) is 0. The molecule has 2 aromatic rings. The molecule has 1 heterocycles. The topological polar surface area (TPSA) is 77.5 Å². The number of allylic oxidation sites excluding steroid dienone is 5. The van der Waals surface area contributed by atoms with E-state index < -0.39 is 6.67 Å². The van der Waals surface area contributed by atoms with E-state index in [1.807, 2.05) is 45.0 Å². The highest BCUT2D eigenvalue weighted by atomic mass is 35.5. The van der Waals surface area contributed by atoms with Crippen LogP contribution in [0.15, 0.2) is 71.0 Å². The van der Waals surface area contributed by atoms with Crippen LogP contribution in [0.3, 0.4) is 0 Å². The molecule has 1 amide bonds. The minimum absolute atomic E-state index is 0.0347. The average molecular weight is 655 g/mol. The van der Waals surface area contributed by atoms with Crippen molar-refractivity contribution in [3.05, 3.63) is 92.2 Å². The van der Waals surface area contributed by atoms with Gasteiger partial charge in [0.25, 0.3) is 5.91 Å². The van der Waals surface area contributed by atoms with Crippen LogP contribution in [0.25, 0.3) is 0 Å². The summed E-state index contributed by atoms with van der Waals surface area (Å²) in [5.74, 6) is 1.47. The number of aryl methyl sites for hydroxylation is 1. The number of carbonyl (C=O) groups is 2. The predicted molar refractivity (Wildman–Crippen MR) is 180 cm³/mol. The van der Waals surface area contributed by atoms with E-state index in [-0.39, 0.29) is 29.8 Å². The number of carbonyl (C=O) groups excluding carboxylic acids is 2. The molecule has 45 heavy (non-hydrogen) atoms. The molecule has 1 fully saturated rings. The Kier molecular flexibility index (Phi) is 12.6. The summed E-state index contributed by atoms with van der Waals surface area (Å²) in [5, 5.41) is 4.16. The zero-order valence-corrected chi connectivity index (χ0v) is 28.2. The van der Waals surface area contributed by atoms with Gasteiger partial charge in [0.05, 0.1) is 29.3 Å². The predicted octanol–water partition coefficient (Wildman–Crippen LogP) is 9.23. The van der Waals surface area contributed by atoms with Gasteiger partial charge in [-0.25, -0.2) is 9.37 Å². The van der Waals surface area contributed by atoms with Gasteiger partial charge in [0.2, 0.25) is 0 Å². The third-order valence-corrected chi connectivity index (χ3v) is 10.1. The second-order valence-corrected chi connectivity index (χ2v) is 13.3. The van der Waals surface area contributed by atoms with Gasteiger partial charge in [-0.15, -0.1) is 11.3 Å². The maximum Gasteiger partial charge on any atom is 0.263 e. The van der Waals surface area contributed by atoms with Crippen LogP contribution >= 0.6 is 22.9 Å². The van der Waals surface area contributed by atoms with E-state index in [4.69, 9.17) is 21.1 Å². The average Bonchev–Trinajstić information content (AvgIpc) is 3.79. The number of thiazole rings is 1. The van der Waals surface area contributed by atoms with Crippen molar-refractivity contribution in [3.63, 3.8) is 0 Å². The van der Waals surface area contributed by atoms with Crippen molar-refractivity contribution in [1.29, 1.82) is 0 Å². The monoisotopic (exact) mass is 654 g/mol. The van der Waals surface area contributed by atoms with Crippen molar-refractivity contribution in [2.75, 3.05) is 13.3 Å². The van der Waals surface area contributed by atoms with Crippen LogP contribution in [0.4, 0.5) is 4.39 Å². The molecule has 9 heteroatoms. The van der Waals surface area contributed by atoms with Gasteiger partial charge in [-0.2, -0.15) is 0 Å². The number of alkyl halides is 1. The van der Waals surface area contributed by atoms with Crippen molar-refractivity contribution in [1.82, 2.24) is 10.3 Å². The molecule has 3 unspecified atom stereocenters. The molecule has 0 saturated heterocycles. The Bertz CT molecular complexity index is 1460. The lowest BCUT2D eigenvalue weighted by Crippen LogP contribution is -2.26. The Morgan fingerprint density at radius 2 is 1.96 bits per heavy atom. The lowest BCUT2D eigenvalue weighted by Gasteiger charge is -2.24. The molecule has 4 rings (SSSR count). The first-order chi connectivity index (χ1) is 21.6. The van der Waals surface area contributed by atoms with Gasteiger partial charge in [0, 0.05) is 12.8 Å². The Hall–Kier alpha value is -3.23. The van der Waals surface area contributed by atoms with Gasteiger partial charge >= 0.3 is 0 Å². The van der Waals surface area contributed by atoms with E-state index in [0.29, 0.717) is 51.7 Å². The number of nitrogens with one attached hydrogen (secondary N) is 1. The maximum absolute atomic E-state index is 13.4. The van der Waals surface area contributed by atoms with Crippen molar-refractivity contribution >= 4 is 34.6 Å². The van der Waals surface area contributed by atoms with Crippen LogP contribution < -0.4 is 10.1 Å². The summed E-state index contributed by atoms with van der Waals surface area (Å²) in [6, 6.07) is 7.55. The molecule has 1 saturated carbocycles. The largest absolute Gasteiger partial charge is 0.492 e. The van der Waals surface area contributed by atoms with E-state index in [9.17, 15) is 14.0 Å². The van der Waals surface area contributed by atoms with Crippen molar-refractivity contribution in [2.24, 2.45) is 5.92 Å². The number of rotatable bonds is 16. The van der Waals surface area contributed by atoms with Gasteiger partial charge < -0.3 is 14.8 Å². The molecule has 0 aliphatic heterocycles. The molecule has 0 bridgehead atoms. The van der Waals surface area contributed by atoms with Crippen LogP contribution in [0.1, 0.15) is 104 Å². The third kappa shape index (κ3) is 9.63. The Balaban J connectivity index is 1.30. The molecule has 0 spiro atoms. The summed E-state index contributed by atoms with van der Waals surface area (Å²) in [4.78, 5) is 30.2. The second kappa shape index (κ2) is 16.4. The summed E-state index contributed by atoms with van der Waals surface area (Å²) in [5.41, 5.74) is 3.51. The van der Waals surface area contributed by atoms with Gasteiger partial charge in [-0.3, -0.25) is 9.59 Å². The molecule has 2 aliphatic rings. The van der Waals surface area contributed by atoms with Gasteiger partial charge in [0.1, 0.15) is 40.0 Å². The molecule has 0 radical (unpaired) electrons. The molecule has 6 nitrogen and oxygen atoms in total. The van der Waals surface area contributed by atoms with Crippen LogP contribution in [-0.4, -0.2) is 36.1 Å². The minimum atomic E-state index is -0.595. The van der Waals surface area contributed by atoms with E-state index in [2.05, 4.69) is 23.0 Å². The highest BCUT2D eigenvalue weighted by Gasteiger charge is 2.25. The molecule has 1 N–H and O–H groups in total. The summed E-state index contributed by atoms with van der Waals surface area (Å²) in [6.45, 7) is 11.3. The number of ketones is 1. The van der Waals surface area contributed by atoms with Crippen molar-refractivity contribution in [2.45, 2.75) is 90.7 Å². The van der Waals surface area contributed by atoms with E-state index >= 15 is 0 Å². The summed E-state index contributed by atoms with van der Waals surface area (Å²) < 4.78 is 25.5. The number of amides is 1. The fourth-order valence-electron chi connectivity index (χ4n) is 5.20. The van der Waals surface area contributed by atoms with Gasteiger partial charge in [0.15, 0.2) is 0 Å². The number of aromatic nitrogens is 1. The quantitative estimate of drug-likeness (QED) is 0.111. The number of Topliss-reactive ketones (excluding diaryl/α,β-unsaturated/α-hetero) is 1. The Morgan fingerprint density at radius 3 is 2.56 bits per heavy atom. The highest BCUT2D eigenvalue weighted by molar-refractivity contribution is 7.14. The molecule has 242 valence electrons. The molecule has 3 atom stereocenters. The van der Waals surface area contributed by atoms with Crippen molar-refractivity contribution < 1.29 is 23.5 Å². The summed E-state index contributed by atoms with van der Waals surface area (Å²) >= 11 is 7.92. The number of benzene rings is 1. The number of halogens is 2. The zero-order chi connectivity index (χ0) is 32.5. The molecule has 1 aromatic heterocycles. The zero-order valence-electron chi connectivity index (χ0n) is 26.7. The number of ether oxygens (including phenoxy) is 2. The first kappa shape index (κ1) is 34.6. The lowest BCUT2D eigenvalue weighted by atomic mass is 9.92. The number of hydrogen-bond acceptors (Lipinski definition) is 6. The molecular formula is C36H44ClFN2O4S. The van der Waals surface area contributed by atoms with E-state index in [0.717, 1.165) is 36.1 Å². The second-order valence-electron chi connectivity index (χ2n) is 11.8. The first-order valence-electron chi connectivity index (χ1n) is 15.8. The Labute approximate surface area is 275 Å². The number of nitrogens with zero attached hydrogens (tertiary/aromatic N) is 1. The minimum Gasteiger partial charge on any atom is -0.492 e. The molecule has 2 aliphatic carbocycles.